The molecule has 0 aromatic heterocycles. The van der Waals surface area contributed by atoms with Gasteiger partial charge in [-0.2, -0.15) is 5.11 Å². The van der Waals surface area contributed by atoms with E-state index in [0.29, 0.717) is 19.3 Å². The molecule has 1 unspecified atom stereocenters. The largest absolute Gasteiger partial charge is 0.342 e. The average molecular weight is 240 g/mol. The molecule has 96 valence electrons. The van der Waals surface area contributed by atoms with Gasteiger partial charge < -0.3 is 5.32 Å². The van der Waals surface area contributed by atoms with Gasteiger partial charge in [-0.1, -0.05) is 26.0 Å². The number of amides is 2. The van der Waals surface area contributed by atoms with Crippen molar-refractivity contribution in [1.29, 1.82) is 0 Å². The first-order chi connectivity index (χ1) is 8.09. The lowest BCUT2D eigenvalue weighted by atomic mass is 9.84. The van der Waals surface area contributed by atoms with E-state index < -0.39 is 11.6 Å². The fraction of sp³-hybridized carbons (Fsp3) is 0.818. The summed E-state index contributed by atoms with van der Waals surface area (Å²) in [7, 11) is 0. The van der Waals surface area contributed by atoms with Gasteiger partial charge in [0, 0.05) is 6.42 Å². The van der Waals surface area contributed by atoms with Gasteiger partial charge >= 0.3 is 0 Å². The summed E-state index contributed by atoms with van der Waals surface area (Å²) in [5.74, 6) is -0.399. The standard InChI is InChI=1S/C11H20N4O2/c1-4-7-8(16)12-9-10(17)13-15-14-11(9,5-2)6-3/h9H,4-7H2,1-3H3,(H,12,16)(H,13,14,17). The predicted molar refractivity (Wildman–Crippen MR) is 63.2 cm³/mol. The second kappa shape index (κ2) is 5.75. The minimum atomic E-state index is -0.617. The lowest BCUT2D eigenvalue weighted by Gasteiger charge is -2.36. The first kappa shape index (κ1) is 13.6. The number of nitrogens with one attached hydrogen (secondary N) is 2. The molecule has 0 aromatic carbocycles. The molecule has 2 N–H and O–H groups in total. The molecule has 0 saturated heterocycles. The minimum absolute atomic E-state index is 0.115. The van der Waals surface area contributed by atoms with Crippen LogP contribution in [0.4, 0.5) is 0 Å². The molecule has 0 aliphatic carbocycles. The van der Waals surface area contributed by atoms with Gasteiger partial charge in [0.2, 0.25) is 5.91 Å². The highest BCUT2D eigenvalue weighted by Gasteiger charge is 2.44. The zero-order chi connectivity index (χ0) is 12.9. The monoisotopic (exact) mass is 240 g/mol. The summed E-state index contributed by atoms with van der Waals surface area (Å²) in [4.78, 5) is 23.4. The summed E-state index contributed by atoms with van der Waals surface area (Å²) in [6.45, 7) is 5.81. The van der Waals surface area contributed by atoms with Gasteiger partial charge in [0.15, 0.2) is 0 Å². The Morgan fingerprint density at radius 3 is 2.59 bits per heavy atom. The van der Waals surface area contributed by atoms with Crippen LogP contribution in [0, 0.1) is 0 Å². The predicted octanol–water partition coefficient (Wildman–Crippen LogP) is 1.33. The fourth-order valence-corrected chi connectivity index (χ4v) is 2.00. The number of hydrogen-bond donors (Lipinski definition) is 2. The minimum Gasteiger partial charge on any atom is -0.342 e. The maximum absolute atomic E-state index is 11.8. The van der Waals surface area contributed by atoms with Crippen LogP contribution in [0.15, 0.2) is 10.3 Å². The van der Waals surface area contributed by atoms with Crippen molar-refractivity contribution in [1.82, 2.24) is 10.7 Å². The molecule has 0 bridgehead atoms. The maximum Gasteiger partial charge on any atom is 0.266 e. The first-order valence-corrected chi connectivity index (χ1v) is 6.10. The third-order valence-corrected chi connectivity index (χ3v) is 3.22. The molecule has 0 saturated carbocycles. The van der Waals surface area contributed by atoms with E-state index in [9.17, 15) is 9.59 Å². The number of carbonyl (C=O) groups is 2. The van der Waals surface area contributed by atoms with Crippen molar-refractivity contribution in [3.05, 3.63) is 0 Å². The third kappa shape index (κ3) is 2.81. The number of rotatable bonds is 5. The summed E-state index contributed by atoms with van der Waals surface area (Å²) < 4.78 is 0. The molecule has 1 rings (SSSR count). The molecule has 1 aliphatic heterocycles. The van der Waals surface area contributed by atoms with Crippen molar-refractivity contribution in [2.24, 2.45) is 10.3 Å². The molecule has 6 heteroatoms. The Morgan fingerprint density at radius 1 is 1.41 bits per heavy atom. The van der Waals surface area contributed by atoms with Gasteiger partial charge in [0.05, 0.1) is 0 Å². The Kier molecular flexibility index (Phi) is 4.60. The summed E-state index contributed by atoms with van der Waals surface area (Å²) in [6.07, 6.45) is 2.51. The van der Waals surface area contributed by atoms with Gasteiger partial charge in [0.1, 0.15) is 11.6 Å². The van der Waals surface area contributed by atoms with Crippen molar-refractivity contribution < 1.29 is 9.59 Å². The lowest BCUT2D eigenvalue weighted by molar-refractivity contribution is -0.132. The third-order valence-electron chi connectivity index (χ3n) is 3.22. The molecule has 1 atom stereocenters. The maximum atomic E-state index is 11.8. The summed E-state index contributed by atoms with van der Waals surface area (Å²) in [5.41, 5.74) is 1.70. The molecule has 2 amide bonds. The van der Waals surface area contributed by atoms with Crippen molar-refractivity contribution in [2.75, 3.05) is 0 Å². The highest BCUT2D eigenvalue weighted by Crippen LogP contribution is 2.28. The second-order valence-electron chi connectivity index (χ2n) is 4.24. The van der Waals surface area contributed by atoms with Crippen molar-refractivity contribution in [3.8, 4) is 0 Å². The topological polar surface area (TPSA) is 82.9 Å². The molecule has 0 radical (unpaired) electrons. The van der Waals surface area contributed by atoms with Gasteiger partial charge in [-0.05, 0) is 19.3 Å². The van der Waals surface area contributed by atoms with Crippen LogP contribution >= 0.6 is 0 Å². The molecular formula is C11H20N4O2. The molecule has 17 heavy (non-hydrogen) atoms. The van der Waals surface area contributed by atoms with E-state index in [1.54, 1.807) is 0 Å². The second-order valence-corrected chi connectivity index (χ2v) is 4.24. The van der Waals surface area contributed by atoms with Crippen molar-refractivity contribution in [3.63, 3.8) is 0 Å². The Hall–Kier alpha value is -1.46. The van der Waals surface area contributed by atoms with E-state index in [0.717, 1.165) is 6.42 Å². The Labute approximate surface area is 101 Å². The van der Waals surface area contributed by atoms with Gasteiger partial charge in [0.25, 0.3) is 5.91 Å². The average Bonchev–Trinajstić information content (AvgIpc) is 2.32. The SMILES string of the molecule is CCCC(=O)NC1C(=O)NN=NC1(CC)CC. The fourth-order valence-electron chi connectivity index (χ4n) is 2.00. The summed E-state index contributed by atoms with van der Waals surface area (Å²) >= 11 is 0. The Balaban J connectivity index is 2.87. The van der Waals surface area contributed by atoms with Crippen molar-refractivity contribution in [2.45, 2.75) is 58.0 Å². The molecular weight excluding hydrogens is 220 g/mol. The van der Waals surface area contributed by atoms with Crippen LogP contribution < -0.4 is 10.7 Å². The van der Waals surface area contributed by atoms with Gasteiger partial charge in [-0.25, -0.2) is 5.43 Å². The van der Waals surface area contributed by atoms with Crippen LogP contribution in [0.3, 0.4) is 0 Å². The van der Waals surface area contributed by atoms with E-state index in [4.69, 9.17) is 0 Å². The molecule has 0 spiro atoms. The Bertz CT molecular complexity index is 323. The van der Waals surface area contributed by atoms with Gasteiger partial charge in [-0.15, -0.1) is 0 Å². The van der Waals surface area contributed by atoms with Crippen molar-refractivity contribution >= 4 is 11.8 Å². The summed E-state index contributed by atoms with van der Waals surface area (Å²) in [6, 6.07) is -0.617. The van der Waals surface area contributed by atoms with Gasteiger partial charge in [-0.3, -0.25) is 9.59 Å². The van der Waals surface area contributed by atoms with E-state index in [1.807, 2.05) is 20.8 Å². The highest BCUT2D eigenvalue weighted by atomic mass is 16.2. The zero-order valence-electron chi connectivity index (χ0n) is 10.6. The van der Waals surface area contributed by atoms with E-state index in [-0.39, 0.29) is 11.8 Å². The van der Waals surface area contributed by atoms with Crippen LogP contribution in [0.2, 0.25) is 0 Å². The van der Waals surface area contributed by atoms with E-state index in [1.165, 1.54) is 0 Å². The number of nitrogens with zero attached hydrogens (tertiary/aromatic N) is 2. The van der Waals surface area contributed by atoms with Crippen LogP contribution in [-0.2, 0) is 9.59 Å². The quantitative estimate of drug-likeness (QED) is 0.759. The van der Waals surface area contributed by atoms with E-state index in [2.05, 4.69) is 21.1 Å². The Morgan fingerprint density at radius 2 is 2.06 bits per heavy atom. The lowest BCUT2D eigenvalue weighted by Crippen LogP contribution is -2.60. The normalized spacial score (nSPS) is 22.1. The number of carbonyl (C=O) groups excluding carboxylic acids is 2. The number of hydrogen-bond acceptors (Lipinski definition) is 4. The molecule has 0 fully saturated rings. The van der Waals surface area contributed by atoms with Crippen LogP contribution in [0.1, 0.15) is 46.5 Å². The van der Waals surface area contributed by atoms with Crippen LogP contribution in [0.25, 0.3) is 0 Å². The first-order valence-electron chi connectivity index (χ1n) is 6.10. The van der Waals surface area contributed by atoms with E-state index >= 15 is 0 Å². The molecule has 6 nitrogen and oxygen atoms in total. The van der Waals surface area contributed by atoms with Crippen LogP contribution in [0.5, 0.6) is 0 Å². The summed E-state index contributed by atoms with van der Waals surface area (Å²) in [5, 5.41) is 10.5. The zero-order valence-corrected chi connectivity index (χ0v) is 10.6. The van der Waals surface area contributed by atoms with Crippen LogP contribution in [-0.4, -0.2) is 23.4 Å². The highest BCUT2D eigenvalue weighted by molar-refractivity contribution is 5.89. The molecule has 1 heterocycles. The molecule has 0 aromatic rings. The smallest absolute Gasteiger partial charge is 0.266 e. The molecule has 1 aliphatic rings.